The molecule has 1 aromatic rings. The molecule has 1 aliphatic heterocycles. The molecule has 0 unspecified atom stereocenters. The Labute approximate surface area is 143 Å². The van der Waals surface area contributed by atoms with Crippen molar-refractivity contribution in [1.29, 1.82) is 0 Å². The highest BCUT2D eigenvalue weighted by Crippen LogP contribution is 2.11. The molecule has 0 aliphatic carbocycles. The summed E-state index contributed by atoms with van der Waals surface area (Å²) < 4.78 is 33.1. The Balaban J connectivity index is 1.75. The predicted molar refractivity (Wildman–Crippen MR) is 89.0 cm³/mol. The summed E-state index contributed by atoms with van der Waals surface area (Å²) in [6.45, 7) is 6.79. The normalized spacial score (nSPS) is 20.8. The predicted octanol–water partition coefficient (Wildman–Crippen LogP) is 1.80. The minimum absolute atomic E-state index is 0.562. The van der Waals surface area contributed by atoms with E-state index in [1.165, 1.54) is 0 Å². The fourth-order valence-corrected chi connectivity index (χ4v) is 2.20. The summed E-state index contributed by atoms with van der Waals surface area (Å²) >= 11 is 0. The Hall–Kier alpha value is -1.02. The Morgan fingerprint density at radius 1 is 0.417 bits per heavy atom. The van der Waals surface area contributed by atoms with Crippen LogP contribution in [0, 0.1) is 0 Å². The van der Waals surface area contributed by atoms with Crippen LogP contribution in [0.15, 0.2) is 24.3 Å². The van der Waals surface area contributed by atoms with Gasteiger partial charge in [-0.3, -0.25) is 0 Å². The second kappa shape index (κ2) is 13.3. The minimum atomic E-state index is 0.562. The second-order valence-electron chi connectivity index (χ2n) is 5.32. The SMILES string of the molecule is c1ccc2c(c1)COCCOCCOCCOCCOCCOC2. The lowest BCUT2D eigenvalue weighted by Gasteiger charge is -2.12. The average Bonchev–Trinajstić information content (AvgIpc) is 2.61. The van der Waals surface area contributed by atoms with Crippen molar-refractivity contribution >= 4 is 0 Å². The van der Waals surface area contributed by atoms with Gasteiger partial charge in [-0.1, -0.05) is 24.3 Å². The molecule has 0 amide bonds. The number of fused-ring (bicyclic) bond motifs is 1. The topological polar surface area (TPSA) is 55.4 Å². The van der Waals surface area contributed by atoms with Crippen LogP contribution < -0.4 is 0 Å². The van der Waals surface area contributed by atoms with Gasteiger partial charge in [0, 0.05) is 0 Å². The minimum Gasteiger partial charge on any atom is -0.377 e. The summed E-state index contributed by atoms with van der Waals surface area (Å²) in [4.78, 5) is 0. The summed E-state index contributed by atoms with van der Waals surface area (Å²) in [5.74, 6) is 0. The van der Waals surface area contributed by atoms with Crippen LogP contribution in [-0.4, -0.2) is 66.1 Å². The molecule has 0 aromatic heterocycles. The quantitative estimate of drug-likeness (QED) is 0.718. The lowest BCUT2D eigenvalue weighted by molar-refractivity contribution is -0.0202. The Bertz CT molecular complexity index is 387. The van der Waals surface area contributed by atoms with E-state index in [0.717, 1.165) is 11.1 Å². The van der Waals surface area contributed by atoms with Crippen molar-refractivity contribution in [2.75, 3.05) is 66.1 Å². The van der Waals surface area contributed by atoms with E-state index in [4.69, 9.17) is 28.4 Å². The number of ether oxygens (including phenoxy) is 6. The number of benzene rings is 1. The maximum atomic E-state index is 5.68. The lowest BCUT2D eigenvalue weighted by atomic mass is 10.1. The van der Waals surface area contributed by atoms with Gasteiger partial charge in [-0.2, -0.15) is 0 Å². The van der Waals surface area contributed by atoms with Gasteiger partial charge in [0.15, 0.2) is 0 Å². The number of hydrogen-bond acceptors (Lipinski definition) is 6. The van der Waals surface area contributed by atoms with Crippen molar-refractivity contribution in [3.63, 3.8) is 0 Å². The van der Waals surface area contributed by atoms with Crippen LogP contribution in [-0.2, 0) is 41.6 Å². The van der Waals surface area contributed by atoms with Gasteiger partial charge < -0.3 is 28.4 Å². The molecular weight excluding hydrogens is 312 g/mol. The van der Waals surface area contributed by atoms with Gasteiger partial charge in [0.2, 0.25) is 0 Å². The average molecular weight is 340 g/mol. The van der Waals surface area contributed by atoms with E-state index < -0.39 is 0 Å². The van der Waals surface area contributed by atoms with Crippen LogP contribution in [0.25, 0.3) is 0 Å². The van der Waals surface area contributed by atoms with Gasteiger partial charge in [-0.15, -0.1) is 0 Å². The first-order valence-corrected chi connectivity index (χ1v) is 8.50. The highest BCUT2D eigenvalue weighted by atomic mass is 16.6. The fraction of sp³-hybridized carbons (Fsp3) is 0.667. The van der Waals surface area contributed by atoms with E-state index in [1.807, 2.05) is 12.1 Å². The van der Waals surface area contributed by atoms with Crippen LogP contribution in [0.1, 0.15) is 11.1 Å². The molecular formula is C18H28O6. The molecule has 0 N–H and O–H groups in total. The van der Waals surface area contributed by atoms with E-state index in [-0.39, 0.29) is 0 Å². The first kappa shape index (κ1) is 19.3. The van der Waals surface area contributed by atoms with Gasteiger partial charge >= 0.3 is 0 Å². The van der Waals surface area contributed by atoms with Gasteiger partial charge in [0.05, 0.1) is 79.3 Å². The highest BCUT2D eigenvalue weighted by Gasteiger charge is 2.03. The molecule has 6 heteroatoms. The third-order valence-corrected chi connectivity index (χ3v) is 3.49. The zero-order valence-electron chi connectivity index (χ0n) is 14.2. The molecule has 2 rings (SSSR count). The Kier molecular flexibility index (Phi) is 10.7. The molecule has 24 heavy (non-hydrogen) atoms. The summed E-state index contributed by atoms with van der Waals surface area (Å²) in [5, 5.41) is 0. The van der Waals surface area contributed by atoms with Crippen molar-refractivity contribution in [3.8, 4) is 0 Å². The molecule has 136 valence electrons. The lowest BCUT2D eigenvalue weighted by Crippen LogP contribution is -2.14. The maximum Gasteiger partial charge on any atom is 0.0721 e. The largest absolute Gasteiger partial charge is 0.377 e. The fourth-order valence-electron chi connectivity index (χ4n) is 2.20. The van der Waals surface area contributed by atoms with E-state index >= 15 is 0 Å². The summed E-state index contributed by atoms with van der Waals surface area (Å²) in [6.07, 6.45) is 0. The standard InChI is InChI=1S/C18H28O6/c1-2-4-18-16-24-14-12-22-10-8-20-6-5-19-7-9-21-11-13-23-15-17(18)3-1/h1-4H,5-16H2. The van der Waals surface area contributed by atoms with Crippen molar-refractivity contribution < 1.29 is 28.4 Å². The van der Waals surface area contributed by atoms with Gasteiger partial charge in [0.1, 0.15) is 0 Å². The monoisotopic (exact) mass is 340 g/mol. The summed E-state index contributed by atoms with van der Waals surface area (Å²) in [7, 11) is 0. The van der Waals surface area contributed by atoms with Crippen molar-refractivity contribution in [3.05, 3.63) is 35.4 Å². The summed E-state index contributed by atoms with van der Waals surface area (Å²) in [5.41, 5.74) is 2.29. The summed E-state index contributed by atoms with van der Waals surface area (Å²) in [6, 6.07) is 8.15. The third kappa shape index (κ3) is 8.73. The molecule has 0 saturated heterocycles. The second-order valence-corrected chi connectivity index (χ2v) is 5.32. The van der Waals surface area contributed by atoms with Crippen molar-refractivity contribution in [1.82, 2.24) is 0 Å². The van der Waals surface area contributed by atoms with E-state index in [0.29, 0.717) is 79.3 Å². The zero-order valence-corrected chi connectivity index (χ0v) is 14.2. The molecule has 6 nitrogen and oxygen atoms in total. The Morgan fingerprint density at radius 3 is 1.04 bits per heavy atom. The first-order chi connectivity index (χ1) is 12.0. The van der Waals surface area contributed by atoms with Crippen LogP contribution in [0.3, 0.4) is 0 Å². The molecule has 0 bridgehead atoms. The molecule has 1 aliphatic rings. The first-order valence-electron chi connectivity index (χ1n) is 8.50. The van der Waals surface area contributed by atoms with E-state index in [9.17, 15) is 0 Å². The highest BCUT2D eigenvalue weighted by molar-refractivity contribution is 5.25. The number of rotatable bonds is 0. The molecule has 0 radical (unpaired) electrons. The Morgan fingerprint density at radius 2 is 0.708 bits per heavy atom. The molecule has 0 spiro atoms. The van der Waals surface area contributed by atoms with Gasteiger partial charge in [-0.05, 0) is 11.1 Å². The van der Waals surface area contributed by atoms with Crippen LogP contribution in [0.5, 0.6) is 0 Å². The third-order valence-electron chi connectivity index (χ3n) is 3.49. The molecule has 1 aromatic carbocycles. The molecule has 1 heterocycles. The van der Waals surface area contributed by atoms with Crippen LogP contribution in [0.2, 0.25) is 0 Å². The number of hydrogen-bond donors (Lipinski definition) is 0. The van der Waals surface area contributed by atoms with Gasteiger partial charge in [0.25, 0.3) is 0 Å². The smallest absolute Gasteiger partial charge is 0.0721 e. The van der Waals surface area contributed by atoms with Gasteiger partial charge in [-0.25, -0.2) is 0 Å². The maximum absolute atomic E-state index is 5.68. The van der Waals surface area contributed by atoms with Crippen molar-refractivity contribution in [2.24, 2.45) is 0 Å². The van der Waals surface area contributed by atoms with Crippen molar-refractivity contribution in [2.45, 2.75) is 13.2 Å². The molecule has 0 atom stereocenters. The molecule has 0 fully saturated rings. The van der Waals surface area contributed by atoms with E-state index in [2.05, 4.69) is 12.1 Å². The molecule has 0 saturated carbocycles. The van der Waals surface area contributed by atoms with Crippen LogP contribution >= 0.6 is 0 Å². The van der Waals surface area contributed by atoms with Crippen LogP contribution in [0.4, 0.5) is 0 Å². The zero-order chi connectivity index (χ0) is 16.7. The van der Waals surface area contributed by atoms with E-state index in [1.54, 1.807) is 0 Å².